The Morgan fingerprint density at radius 3 is 2.71 bits per heavy atom. The number of barbiturate groups is 1. The predicted molar refractivity (Wildman–Crippen MR) is 104 cm³/mol. The Kier molecular flexibility index (Phi) is 4.31. The number of morpholine rings is 1. The van der Waals surface area contributed by atoms with Gasteiger partial charge in [-0.1, -0.05) is 5.16 Å². The minimum Gasteiger partial charge on any atom is -0.382 e. The number of halogens is 1. The van der Waals surface area contributed by atoms with Crippen LogP contribution in [0.25, 0.3) is 11.0 Å². The van der Waals surface area contributed by atoms with Crippen LogP contribution in [-0.2, 0) is 25.5 Å². The number of fused-ring (bicyclic) bond motifs is 5. The van der Waals surface area contributed by atoms with Crippen LogP contribution in [-0.4, -0.2) is 61.5 Å². The average molecular weight is 432 g/mol. The van der Waals surface area contributed by atoms with Gasteiger partial charge >= 0.3 is 6.03 Å². The van der Waals surface area contributed by atoms with Crippen LogP contribution in [0.15, 0.2) is 10.6 Å². The predicted octanol–water partition coefficient (Wildman–Crippen LogP) is 0.793. The number of carbonyl (C=O) groups excluding carboxylic acids is 3. The average Bonchev–Trinajstić information content (AvgIpc) is 3.06. The quantitative estimate of drug-likeness (QED) is 0.668. The van der Waals surface area contributed by atoms with E-state index < -0.39 is 41.2 Å². The molecule has 0 saturated carbocycles. The summed E-state index contributed by atoms with van der Waals surface area (Å²) in [4.78, 5) is 39.9. The molecule has 0 radical (unpaired) electrons. The molecule has 3 aliphatic rings. The first-order valence-electron chi connectivity index (χ1n) is 9.93. The van der Waals surface area contributed by atoms with Crippen molar-refractivity contribution < 1.29 is 32.8 Å². The number of aryl methyl sites for hydroxylation is 1. The van der Waals surface area contributed by atoms with E-state index in [9.17, 15) is 14.4 Å². The van der Waals surface area contributed by atoms with Gasteiger partial charge in [-0.3, -0.25) is 20.2 Å². The number of imide groups is 2. The Morgan fingerprint density at radius 1 is 1.32 bits per heavy atom. The molecule has 0 bridgehead atoms. The number of carbonyl (C=O) groups is 3. The number of nitrogens with zero attached hydrogens (tertiary/aromatic N) is 2. The third kappa shape index (κ3) is 2.62. The van der Waals surface area contributed by atoms with Gasteiger partial charge in [0, 0.05) is 25.5 Å². The molecule has 3 aliphatic heterocycles. The molecule has 4 amide bonds. The SMILES string of the molecule is COCC1OC(C)CN2c3c(cc4c(C)noc4c3F)CC3(C(=O)NC(=O)NC3=O)C12. The van der Waals surface area contributed by atoms with Crippen molar-refractivity contribution in [3.63, 3.8) is 0 Å². The van der Waals surface area contributed by atoms with Gasteiger partial charge in [-0.15, -0.1) is 0 Å². The standard InChI is InChI=1S/C20H21FN4O6/c1-8-6-25-14-10(4-11-9(2)24-31-15(11)13(14)21)5-20(16(25)12(30-8)7-29-3)17(26)22-19(28)23-18(20)27/h4,8,12,16H,5-7H2,1-3H3,(H2,22,23,26,27,28). The van der Waals surface area contributed by atoms with Gasteiger partial charge in [0.25, 0.3) is 0 Å². The molecule has 10 nitrogen and oxygen atoms in total. The lowest BCUT2D eigenvalue weighted by molar-refractivity contribution is -0.157. The number of ether oxygens (including phenoxy) is 2. The minimum atomic E-state index is -1.71. The molecule has 3 atom stereocenters. The molecule has 5 rings (SSSR count). The molecule has 31 heavy (non-hydrogen) atoms. The van der Waals surface area contributed by atoms with Crippen molar-refractivity contribution in [3.05, 3.63) is 23.1 Å². The molecule has 3 unspecified atom stereocenters. The Balaban J connectivity index is 1.78. The van der Waals surface area contributed by atoms with Crippen molar-refractivity contribution >= 4 is 34.5 Å². The number of anilines is 1. The first-order chi connectivity index (χ1) is 14.8. The summed E-state index contributed by atoms with van der Waals surface area (Å²) in [6, 6.07) is -0.0944. The third-order valence-corrected chi connectivity index (χ3v) is 6.34. The van der Waals surface area contributed by atoms with E-state index in [1.54, 1.807) is 17.9 Å². The number of aromatic nitrogens is 1. The van der Waals surface area contributed by atoms with Gasteiger partial charge < -0.3 is 18.9 Å². The number of benzene rings is 1. The van der Waals surface area contributed by atoms with Crippen LogP contribution in [0, 0.1) is 18.2 Å². The van der Waals surface area contributed by atoms with Crippen LogP contribution >= 0.6 is 0 Å². The van der Waals surface area contributed by atoms with Gasteiger partial charge in [-0.05, 0) is 25.5 Å². The van der Waals surface area contributed by atoms with E-state index in [-0.39, 0.29) is 36.9 Å². The topological polar surface area (TPSA) is 123 Å². The van der Waals surface area contributed by atoms with Gasteiger partial charge in [-0.25, -0.2) is 9.18 Å². The number of hydrogen-bond donors (Lipinski definition) is 2. The van der Waals surface area contributed by atoms with E-state index in [2.05, 4.69) is 15.8 Å². The van der Waals surface area contributed by atoms with Gasteiger partial charge in [0.1, 0.15) is 6.10 Å². The zero-order valence-corrected chi connectivity index (χ0v) is 17.2. The fourth-order valence-electron chi connectivity index (χ4n) is 5.15. The van der Waals surface area contributed by atoms with Crippen molar-refractivity contribution in [1.29, 1.82) is 0 Å². The lowest BCUT2D eigenvalue weighted by Gasteiger charge is -2.55. The van der Waals surface area contributed by atoms with Crippen molar-refractivity contribution in [2.75, 3.05) is 25.2 Å². The lowest BCUT2D eigenvalue weighted by Crippen LogP contribution is -2.76. The van der Waals surface area contributed by atoms with Crippen molar-refractivity contribution in [2.24, 2.45) is 5.41 Å². The lowest BCUT2D eigenvalue weighted by atomic mass is 9.66. The first kappa shape index (κ1) is 19.9. The molecule has 11 heteroatoms. The second-order valence-corrected chi connectivity index (χ2v) is 8.27. The highest BCUT2D eigenvalue weighted by molar-refractivity contribution is 6.20. The maximum atomic E-state index is 15.7. The summed E-state index contributed by atoms with van der Waals surface area (Å²) in [6.45, 7) is 3.80. The molecular formula is C20H21FN4O6. The number of hydrogen-bond acceptors (Lipinski definition) is 8. The molecule has 2 N–H and O–H groups in total. The van der Waals surface area contributed by atoms with Gasteiger partial charge in [0.15, 0.2) is 11.2 Å². The zero-order chi connectivity index (χ0) is 22.1. The van der Waals surface area contributed by atoms with Crippen LogP contribution in [0.3, 0.4) is 0 Å². The van der Waals surface area contributed by atoms with Gasteiger partial charge in [0.05, 0.1) is 30.1 Å². The normalized spacial score (nSPS) is 27.2. The molecule has 2 saturated heterocycles. The summed E-state index contributed by atoms with van der Waals surface area (Å²) in [5.41, 5.74) is -0.505. The molecule has 2 fully saturated rings. The maximum Gasteiger partial charge on any atom is 0.328 e. The van der Waals surface area contributed by atoms with E-state index in [1.807, 2.05) is 6.92 Å². The number of amides is 4. The Labute approximate surface area is 176 Å². The van der Waals surface area contributed by atoms with Crippen LogP contribution in [0.2, 0.25) is 0 Å². The fourth-order valence-corrected chi connectivity index (χ4v) is 5.15. The summed E-state index contributed by atoms with van der Waals surface area (Å²) in [6.07, 6.45) is -1.18. The zero-order valence-electron chi connectivity index (χ0n) is 17.2. The van der Waals surface area contributed by atoms with E-state index in [0.717, 1.165) is 0 Å². The van der Waals surface area contributed by atoms with E-state index in [4.69, 9.17) is 14.0 Å². The second kappa shape index (κ2) is 6.72. The highest BCUT2D eigenvalue weighted by Gasteiger charge is 2.64. The number of rotatable bonds is 2. The Morgan fingerprint density at radius 2 is 2.03 bits per heavy atom. The molecule has 164 valence electrons. The van der Waals surface area contributed by atoms with Crippen molar-refractivity contribution in [2.45, 2.75) is 38.5 Å². The summed E-state index contributed by atoms with van der Waals surface area (Å²) in [7, 11) is 1.47. The van der Waals surface area contributed by atoms with Gasteiger partial charge in [0.2, 0.25) is 17.4 Å². The Hall–Kier alpha value is -3.05. The molecule has 1 aromatic heterocycles. The highest BCUT2D eigenvalue weighted by atomic mass is 19.1. The summed E-state index contributed by atoms with van der Waals surface area (Å²) >= 11 is 0. The summed E-state index contributed by atoms with van der Waals surface area (Å²) in [5.74, 6) is -2.10. The van der Waals surface area contributed by atoms with Crippen LogP contribution in [0.5, 0.6) is 0 Å². The van der Waals surface area contributed by atoms with E-state index >= 15 is 4.39 Å². The first-order valence-corrected chi connectivity index (χ1v) is 9.93. The smallest absolute Gasteiger partial charge is 0.328 e. The molecular weight excluding hydrogens is 411 g/mol. The van der Waals surface area contributed by atoms with Crippen LogP contribution in [0.1, 0.15) is 18.2 Å². The molecule has 4 heterocycles. The van der Waals surface area contributed by atoms with Crippen molar-refractivity contribution in [1.82, 2.24) is 15.8 Å². The van der Waals surface area contributed by atoms with Crippen LogP contribution in [0.4, 0.5) is 14.9 Å². The fraction of sp³-hybridized carbons (Fsp3) is 0.500. The molecule has 2 aromatic rings. The number of nitrogens with one attached hydrogen (secondary N) is 2. The highest BCUT2D eigenvalue weighted by Crippen LogP contribution is 2.49. The van der Waals surface area contributed by atoms with Gasteiger partial charge in [-0.2, -0.15) is 0 Å². The van der Waals surface area contributed by atoms with E-state index in [0.29, 0.717) is 16.6 Å². The molecule has 1 aromatic carbocycles. The number of urea groups is 1. The number of methoxy groups -OCH3 is 1. The van der Waals surface area contributed by atoms with Crippen molar-refractivity contribution in [3.8, 4) is 0 Å². The minimum absolute atomic E-state index is 0.0149. The summed E-state index contributed by atoms with van der Waals surface area (Å²) < 4.78 is 32.2. The second-order valence-electron chi connectivity index (χ2n) is 8.27. The van der Waals surface area contributed by atoms with Crippen LogP contribution < -0.4 is 15.5 Å². The molecule has 1 spiro atoms. The molecule has 0 aliphatic carbocycles. The monoisotopic (exact) mass is 432 g/mol. The van der Waals surface area contributed by atoms with E-state index in [1.165, 1.54) is 7.11 Å². The summed E-state index contributed by atoms with van der Waals surface area (Å²) in [5, 5.41) is 8.74. The Bertz CT molecular complexity index is 1110. The maximum absolute atomic E-state index is 15.7. The third-order valence-electron chi connectivity index (χ3n) is 6.34. The largest absolute Gasteiger partial charge is 0.382 e.